The number of hydrogen-bond acceptors (Lipinski definition) is 5. The maximum atomic E-state index is 12.9. The fourth-order valence-corrected chi connectivity index (χ4v) is 3.30. The molecule has 1 heterocycles. The standard InChI is InChI=1S/C21H23NO4/c1-24-17-12-14(13-18(25-2)21(17)26-3)11-16-9-10-22-19(20(16)23)15-7-5-4-6-8-15/h4-8,12-13,16H,9-11H2,1-3H3. The van der Waals surface area contributed by atoms with Crippen molar-refractivity contribution in [3.05, 3.63) is 53.6 Å². The molecule has 0 saturated carbocycles. The van der Waals surface area contributed by atoms with E-state index in [4.69, 9.17) is 14.2 Å². The minimum Gasteiger partial charge on any atom is -0.493 e. The number of methoxy groups -OCH3 is 3. The zero-order chi connectivity index (χ0) is 18.5. The second-order valence-corrected chi connectivity index (χ2v) is 6.18. The third kappa shape index (κ3) is 3.57. The Labute approximate surface area is 153 Å². The predicted octanol–water partition coefficient (Wildman–Crippen LogP) is 3.33. The van der Waals surface area contributed by atoms with Gasteiger partial charge >= 0.3 is 0 Å². The molecule has 1 atom stereocenters. The number of rotatable bonds is 6. The number of Topliss-reactive ketones (excluding diaryl/α,β-unsaturated/α-hetero) is 1. The molecule has 0 saturated heterocycles. The number of nitrogens with zero attached hydrogens (tertiary/aromatic N) is 1. The van der Waals surface area contributed by atoms with Crippen LogP contribution in [0.25, 0.3) is 0 Å². The van der Waals surface area contributed by atoms with Crippen molar-refractivity contribution in [1.29, 1.82) is 0 Å². The van der Waals surface area contributed by atoms with Gasteiger partial charge < -0.3 is 14.2 Å². The van der Waals surface area contributed by atoms with Crippen molar-refractivity contribution in [2.75, 3.05) is 27.9 Å². The zero-order valence-corrected chi connectivity index (χ0v) is 15.3. The summed E-state index contributed by atoms with van der Waals surface area (Å²) in [5.41, 5.74) is 2.44. The first kappa shape index (κ1) is 18.0. The molecule has 136 valence electrons. The van der Waals surface area contributed by atoms with Crippen molar-refractivity contribution >= 4 is 11.5 Å². The van der Waals surface area contributed by atoms with Crippen molar-refractivity contribution in [2.24, 2.45) is 10.9 Å². The first-order valence-electron chi connectivity index (χ1n) is 8.61. The Morgan fingerprint density at radius 3 is 2.23 bits per heavy atom. The number of hydrogen-bond donors (Lipinski definition) is 0. The normalized spacial score (nSPS) is 16.8. The molecule has 0 N–H and O–H groups in total. The lowest BCUT2D eigenvalue weighted by Crippen LogP contribution is -2.31. The smallest absolute Gasteiger partial charge is 0.203 e. The van der Waals surface area contributed by atoms with Crippen molar-refractivity contribution < 1.29 is 19.0 Å². The van der Waals surface area contributed by atoms with Crippen LogP contribution in [0.2, 0.25) is 0 Å². The molecule has 0 aliphatic carbocycles. The number of benzene rings is 2. The van der Waals surface area contributed by atoms with Gasteiger partial charge in [0.05, 0.1) is 21.3 Å². The Bertz CT molecular complexity index is 789. The Kier molecular flexibility index (Phi) is 5.56. The Morgan fingerprint density at radius 1 is 1.00 bits per heavy atom. The third-order valence-corrected chi connectivity index (χ3v) is 4.61. The molecule has 0 radical (unpaired) electrons. The molecule has 0 fully saturated rings. The molecule has 1 aliphatic heterocycles. The van der Waals surface area contributed by atoms with Crippen LogP contribution in [0.1, 0.15) is 17.5 Å². The minimum absolute atomic E-state index is 0.0937. The highest BCUT2D eigenvalue weighted by atomic mass is 16.5. The third-order valence-electron chi connectivity index (χ3n) is 4.61. The maximum absolute atomic E-state index is 12.9. The van der Waals surface area contributed by atoms with Crippen LogP contribution in [0.5, 0.6) is 17.2 Å². The summed E-state index contributed by atoms with van der Waals surface area (Å²) in [6.07, 6.45) is 1.35. The second-order valence-electron chi connectivity index (χ2n) is 6.18. The van der Waals surface area contributed by atoms with Crippen molar-refractivity contribution in [3.63, 3.8) is 0 Å². The summed E-state index contributed by atoms with van der Waals surface area (Å²) in [6.45, 7) is 0.658. The summed E-state index contributed by atoms with van der Waals surface area (Å²) >= 11 is 0. The molecular weight excluding hydrogens is 330 g/mol. The van der Waals surface area contributed by atoms with E-state index in [9.17, 15) is 4.79 Å². The van der Waals surface area contributed by atoms with Crippen molar-refractivity contribution in [1.82, 2.24) is 0 Å². The second kappa shape index (κ2) is 8.04. The molecule has 0 amide bonds. The van der Waals surface area contributed by atoms with E-state index in [0.29, 0.717) is 35.9 Å². The van der Waals surface area contributed by atoms with E-state index in [1.165, 1.54) is 0 Å². The van der Waals surface area contributed by atoms with E-state index in [2.05, 4.69) is 4.99 Å². The van der Waals surface area contributed by atoms with Crippen molar-refractivity contribution in [2.45, 2.75) is 12.8 Å². The summed E-state index contributed by atoms with van der Waals surface area (Å²) in [5, 5.41) is 0. The van der Waals surface area contributed by atoms with Crippen LogP contribution in [0.3, 0.4) is 0 Å². The van der Waals surface area contributed by atoms with E-state index in [1.54, 1.807) is 21.3 Å². The molecule has 5 heteroatoms. The Morgan fingerprint density at radius 2 is 1.65 bits per heavy atom. The molecule has 1 unspecified atom stereocenters. The quantitative estimate of drug-likeness (QED) is 0.799. The number of carbonyl (C=O) groups excluding carboxylic acids is 1. The van der Waals surface area contributed by atoms with Gasteiger partial charge in [0.1, 0.15) is 5.71 Å². The van der Waals surface area contributed by atoms with Crippen LogP contribution in [0.15, 0.2) is 47.5 Å². The first-order valence-corrected chi connectivity index (χ1v) is 8.61. The lowest BCUT2D eigenvalue weighted by Gasteiger charge is -2.22. The Balaban J connectivity index is 1.85. The fraction of sp³-hybridized carbons (Fsp3) is 0.333. The van der Waals surface area contributed by atoms with Crippen LogP contribution < -0.4 is 14.2 Å². The highest BCUT2D eigenvalue weighted by Gasteiger charge is 2.28. The largest absolute Gasteiger partial charge is 0.493 e. The molecule has 0 bridgehead atoms. The van der Waals surface area contributed by atoms with Gasteiger partial charge in [-0.1, -0.05) is 30.3 Å². The van der Waals surface area contributed by atoms with Gasteiger partial charge in [0.2, 0.25) is 5.75 Å². The van der Waals surface area contributed by atoms with Gasteiger partial charge in [0, 0.05) is 18.0 Å². The van der Waals surface area contributed by atoms with Gasteiger partial charge in [0.15, 0.2) is 17.3 Å². The summed E-state index contributed by atoms with van der Waals surface area (Å²) in [4.78, 5) is 17.4. The van der Waals surface area contributed by atoms with E-state index < -0.39 is 0 Å². The maximum Gasteiger partial charge on any atom is 0.203 e. The Hall–Kier alpha value is -2.82. The van der Waals surface area contributed by atoms with Crippen molar-refractivity contribution in [3.8, 4) is 17.2 Å². The number of aliphatic imine (C=N–C) groups is 1. The average Bonchev–Trinajstić information content (AvgIpc) is 2.69. The lowest BCUT2D eigenvalue weighted by atomic mass is 9.86. The number of carbonyl (C=O) groups is 1. The van der Waals surface area contributed by atoms with Gasteiger partial charge in [0.25, 0.3) is 0 Å². The number of ketones is 1. The van der Waals surface area contributed by atoms with Crippen LogP contribution in [-0.2, 0) is 11.2 Å². The van der Waals surface area contributed by atoms with Gasteiger partial charge in [-0.05, 0) is 30.5 Å². The summed E-state index contributed by atoms with van der Waals surface area (Å²) < 4.78 is 16.2. The first-order chi connectivity index (χ1) is 12.7. The molecule has 3 rings (SSSR count). The molecule has 26 heavy (non-hydrogen) atoms. The number of ether oxygens (including phenoxy) is 3. The van der Waals surface area contributed by atoms with Gasteiger partial charge in [-0.2, -0.15) is 0 Å². The zero-order valence-electron chi connectivity index (χ0n) is 15.3. The molecule has 2 aromatic carbocycles. The van der Waals surface area contributed by atoms with E-state index in [0.717, 1.165) is 17.5 Å². The molecule has 1 aliphatic rings. The minimum atomic E-state index is -0.106. The monoisotopic (exact) mass is 353 g/mol. The summed E-state index contributed by atoms with van der Waals surface area (Å²) in [6, 6.07) is 13.5. The summed E-state index contributed by atoms with van der Waals surface area (Å²) in [7, 11) is 4.76. The van der Waals surface area contributed by atoms with Crippen LogP contribution in [-0.4, -0.2) is 39.4 Å². The van der Waals surface area contributed by atoms with Gasteiger partial charge in [-0.15, -0.1) is 0 Å². The van der Waals surface area contributed by atoms with Crippen LogP contribution in [0.4, 0.5) is 0 Å². The molecule has 5 nitrogen and oxygen atoms in total. The van der Waals surface area contributed by atoms with E-state index in [-0.39, 0.29) is 11.7 Å². The summed E-state index contributed by atoms with van der Waals surface area (Å²) in [5.74, 6) is 1.74. The highest BCUT2D eigenvalue weighted by Crippen LogP contribution is 2.39. The van der Waals surface area contributed by atoms with Gasteiger partial charge in [-0.3, -0.25) is 9.79 Å². The lowest BCUT2D eigenvalue weighted by molar-refractivity contribution is -0.116. The highest BCUT2D eigenvalue weighted by molar-refractivity contribution is 6.47. The SMILES string of the molecule is COc1cc(CC2CCN=C(c3ccccc3)C2=O)cc(OC)c1OC. The van der Waals surface area contributed by atoms with E-state index >= 15 is 0 Å². The molecule has 0 aromatic heterocycles. The average molecular weight is 353 g/mol. The topological polar surface area (TPSA) is 57.1 Å². The predicted molar refractivity (Wildman–Crippen MR) is 101 cm³/mol. The fourth-order valence-electron chi connectivity index (χ4n) is 3.30. The molecule has 2 aromatic rings. The molecular formula is C21H23NO4. The van der Waals surface area contributed by atoms with Crippen LogP contribution >= 0.6 is 0 Å². The van der Waals surface area contributed by atoms with Crippen LogP contribution in [0, 0.1) is 5.92 Å². The van der Waals surface area contributed by atoms with E-state index in [1.807, 2.05) is 42.5 Å². The van der Waals surface area contributed by atoms with Gasteiger partial charge in [-0.25, -0.2) is 0 Å². The molecule has 0 spiro atoms.